The van der Waals surface area contributed by atoms with Gasteiger partial charge in [0, 0.05) is 38.7 Å². The van der Waals surface area contributed by atoms with Gasteiger partial charge in [-0.25, -0.2) is 4.98 Å². The van der Waals surface area contributed by atoms with Gasteiger partial charge < -0.3 is 16.0 Å². The summed E-state index contributed by atoms with van der Waals surface area (Å²) >= 11 is 1.70. The Labute approximate surface area is 116 Å². The third-order valence-electron chi connectivity index (χ3n) is 3.19. The molecule has 100 valence electrons. The highest BCUT2D eigenvalue weighted by molar-refractivity contribution is 7.07. The van der Waals surface area contributed by atoms with Gasteiger partial charge in [-0.1, -0.05) is 0 Å². The molecule has 1 aliphatic rings. The molecule has 2 aromatic heterocycles. The van der Waals surface area contributed by atoms with E-state index >= 15 is 0 Å². The number of aromatic nitrogens is 2. The molecule has 1 saturated heterocycles. The van der Waals surface area contributed by atoms with Gasteiger partial charge in [-0.2, -0.15) is 16.3 Å². The van der Waals surface area contributed by atoms with Crippen molar-refractivity contribution < 1.29 is 0 Å². The first-order valence-corrected chi connectivity index (χ1v) is 7.36. The standard InChI is InChI=1S/C13H17N5S/c14-13-16-11(7-10-1-6-19-9-10)8-12(17-13)18-4-2-15-3-5-18/h1,6,8-9,15H,2-5,7H2,(H2,14,16,17). The Hall–Kier alpha value is -1.66. The van der Waals surface area contributed by atoms with Crippen LogP contribution in [-0.2, 0) is 6.42 Å². The Morgan fingerprint density at radius 3 is 2.89 bits per heavy atom. The van der Waals surface area contributed by atoms with E-state index in [-0.39, 0.29) is 0 Å². The van der Waals surface area contributed by atoms with Crippen molar-refractivity contribution in [2.45, 2.75) is 6.42 Å². The Bertz CT molecular complexity index is 534. The van der Waals surface area contributed by atoms with Crippen molar-refractivity contribution in [2.75, 3.05) is 36.8 Å². The molecule has 0 saturated carbocycles. The molecule has 0 aromatic carbocycles. The summed E-state index contributed by atoms with van der Waals surface area (Å²) in [4.78, 5) is 10.9. The van der Waals surface area contributed by atoms with Crippen molar-refractivity contribution in [1.82, 2.24) is 15.3 Å². The van der Waals surface area contributed by atoms with Gasteiger partial charge in [0.2, 0.25) is 5.95 Å². The van der Waals surface area contributed by atoms with Gasteiger partial charge in [0.05, 0.1) is 5.69 Å². The molecular formula is C13H17N5S. The summed E-state index contributed by atoms with van der Waals surface area (Å²) in [5.41, 5.74) is 8.09. The molecule has 2 aromatic rings. The lowest BCUT2D eigenvalue weighted by atomic mass is 10.2. The van der Waals surface area contributed by atoms with E-state index in [9.17, 15) is 0 Å². The summed E-state index contributed by atoms with van der Waals surface area (Å²) in [6.07, 6.45) is 0.815. The molecule has 19 heavy (non-hydrogen) atoms. The maximum Gasteiger partial charge on any atom is 0.222 e. The third kappa shape index (κ3) is 3.02. The molecule has 0 bridgehead atoms. The van der Waals surface area contributed by atoms with Gasteiger partial charge in [0.15, 0.2) is 0 Å². The summed E-state index contributed by atoms with van der Waals surface area (Å²) in [5.74, 6) is 1.31. The topological polar surface area (TPSA) is 67.1 Å². The van der Waals surface area contributed by atoms with Crippen molar-refractivity contribution >= 4 is 23.1 Å². The average Bonchev–Trinajstić information content (AvgIpc) is 2.92. The normalized spacial score (nSPS) is 15.7. The maximum atomic E-state index is 5.83. The van der Waals surface area contributed by atoms with Gasteiger partial charge in [-0.15, -0.1) is 0 Å². The molecule has 0 spiro atoms. The average molecular weight is 275 g/mol. The maximum absolute atomic E-state index is 5.83. The molecule has 6 heteroatoms. The molecular weight excluding hydrogens is 258 g/mol. The highest BCUT2D eigenvalue weighted by Crippen LogP contribution is 2.18. The predicted molar refractivity (Wildman–Crippen MR) is 78.7 cm³/mol. The first-order chi connectivity index (χ1) is 9.31. The largest absolute Gasteiger partial charge is 0.368 e. The Kier molecular flexibility index (Phi) is 3.61. The first kappa shape index (κ1) is 12.4. The van der Waals surface area contributed by atoms with Crippen LogP contribution >= 0.6 is 11.3 Å². The number of anilines is 2. The first-order valence-electron chi connectivity index (χ1n) is 6.41. The van der Waals surface area contributed by atoms with Gasteiger partial charge in [-0.05, 0) is 22.4 Å². The van der Waals surface area contributed by atoms with E-state index in [4.69, 9.17) is 5.73 Å². The van der Waals surface area contributed by atoms with Crippen LogP contribution in [0.15, 0.2) is 22.9 Å². The number of rotatable bonds is 3. The summed E-state index contributed by atoms with van der Waals surface area (Å²) < 4.78 is 0. The van der Waals surface area contributed by atoms with Crippen molar-refractivity contribution in [3.63, 3.8) is 0 Å². The van der Waals surface area contributed by atoms with Crippen LogP contribution in [-0.4, -0.2) is 36.1 Å². The second kappa shape index (κ2) is 5.54. The zero-order chi connectivity index (χ0) is 13.1. The van der Waals surface area contributed by atoms with Crippen molar-refractivity contribution in [3.8, 4) is 0 Å². The smallest absolute Gasteiger partial charge is 0.222 e. The van der Waals surface area contributed by atoms with Gasteiger partial charge >= 0.3 is 0 Å². The van der Waals surface area contributed by atoms with Crippen molar-refractivity contribution in [3.05, 3.63) is 34.2 Å². The summed E-state index contributed by atoms with van der Waals surface area (Å²) in [7, 11) is 0. The number of nitrogen functional groups attached to an aromatic ring is 1. The van der Waals surface area contributed by atoms with Crippen LogP contribution in [0.3, 0.4) is 0 Å². The van der Waals surface area contributed by atoms with E-state index in [1.807, 2.05) is 0 Å². The second-order valence-electron chi connectivity index (χ2n) is 4.62. The van der Waals surface area contributed by atoms with E-state index < -0.39 is 0 Å². The minimum atomic E-state index is 0.362. The fourth-order valence-electron chi connectivity index (χ4n) is 2.25. The third-order valence-corrected chi connectivity index (χ3v) is 3.92. The highest BCUT2D eigenvalue weighted by atomic mass is 32.1. The van der Waals surface area contributed by atoms with E-state index in [1.54, 1.807) is 11.3 Å². The van der Waals surface area contributed by atoms with Crippen LogP contribution in [0.4, 0.5) is 11.8 Å². The molecule has 1 fully saturated rings. The molecule has 3 heterocycles. The Balaban J connectivity index is 1.82. The SMILES string of the molecule is Nc1nc(Cc2ccsc2)cc(N2CCNCC2)n1. The number of hydrogen-bond donors (Lipinski definition) is 2. The van der Waals surface area contributed by atoms with E-state index in [0.29, 0.717) is 5.95 Å². The second-order valence-corrected chi connectivity index (χ2v) is 5.40. The van der Waals surface area contributed by atoms with Gasteiger partial charge in [-0.3, -0.25) is 0 Å². The number of thiophene rings is 1. The number of piperazine rings is 1. The molecule has 5 nitrogen and oxygen atoms in total. The quantitative estimate of drug-likeness (QED) is 0.878. The molecule has 0 aliphatic carbocycles. The molecule has 0 amide bonds. The zero-order valence-corrected chi connectivity index (χ0v) is 11.5. The van der Waals surface area contributed by atoms with E-state index in [2.05, 4.69) is 43.1 Å². The lowest BCUT2D eigenvalue weighted by molar-refractivity contribution is 0.584. The van der Waals surface area contributed by atoms with Gasteiger partial charge in [0.25, 0.3) is 0 Å². The van der Waals surface area contributed by atoms with Crippen molar-refractivity contribution in [2.24, 2.45) is 0 Å². The Morgan fingerprint density at radius 1 is 1.32 bits per heavy atom. The minimum Gasteiger partial charge on any atom is -0.368 e. The fourth-order valence-corrected chi connectivity index (χ4v) is 2.92. The molecule has 3 N–H and O–H groups in total. The van der Waals surface area contributed by atoms with Crippen LogP contribution < -0.4 is 16.0 Å². The van der Waals surface area contributed by atoms with Crippen LogP contribution in [0, 0.1) is 0 Å². The number of nitrogens with zero attached hydrogens (tertiary/aromatic N) is 3. The van der Waals surface area contributed by atoms with E-state index in [1.165, 1.54) is 5.56 Å². The van der Waals surface area contributed by atoms with Gasteiger partial charge in [0.1, 0.15) is 5.82 Å². The number of hydrogen-bond acceptors (Lipinski definition) is 6. The van der Waals surface area contributed by atoms with E-state index in [0.717, 1.165) is 44.1 Å². The van der Waals surface area contributed by atoms with Crippen LogP contribution in [0.5, 0.6) is 0 Å². The molecule has 3 rings (SSSR count). The molecule has 0 atom stereocenters. The van der Waals surface area contributed by atoms with Crippen LogP contribution in [0.1, 0.15) is 11.3 Å². The lowest BCUT2D eigenvalue weighted by Gasteiger charge is -2.28. The molecule has 0 unspecified atom stereocenters. The Morgan fingerprint density at radius 2 is 2.16 bits per heavy atom. The summed E-state index contributed by atoms with van der Waals surface area (Å²) in [6.45, 7) is 3.91. The zero-order valence-electron chi connectivity index (χ0n) is 10.7. The number of nitrogens with one attached hydrogen (secondary N) is 1. The lowest BCUT2D eigenvalue weighted by Crippen LogP contribution is -2.44. The summed E-state index contributed by atoms with van der Waals surface area (Å²) in [6, 6.07) is 4.17. The van der Waals surface area contributed by atoms with Crippen molar-refractivity contribution in [1.29, 1.82) is 0 Å². The van der Waals surface area contributed by atoms with Crippen LogP contribution in [0.2, 0.25) is 0 Å². The fraction of sp³-hybridized carbons (Fsp3) is 0.385. The monoisotopic (exact) mass is 275 g/mol. The minimum absolute atomic E-state index is 0.362. The van der Waals surface area contributed by atoms with Crippen LogP contribution in [0.25, 0.3) is 0 Å². The highest BCUT2D eigenvalue weighted by Gasteiger charge is 2.13. The molecule has 1 aliphatic heterocycles. The summed E-state index contributed by atoms with van der Waals surface area (Å²) in [5, 5.41) is 7.56. The molecule has 0 radical (unpaired) electrons. The number of nitrogens with two attached hydrogens (primary N) is 1. The predicted octanol–water partition coefficient (Wildman–Crippen LogP) is 1.12.